The van der Waals surface area contributed by atoms with Crippen LogP contribution in [0, 0.1) is 5.82 Å². The van der Waals surface area contributed by atoms with Crippen LogP contribution in [0.1, 0.15) is 37.8 Å². The molecular formula is C13H19FN2O2S. The third-order valence-electron chi connectivity index (χ3n) is 3.38. The van der Waals surface area contributed by atoms with Crippen LogP contribution in [0.4, 0.5) is 4.39 Å². The quantitative estimate of drug-likeness (QED) is 0.902. The van der Waals surface area contributed by atoms with Gasteiger partial charge in [0.05, 0.1) is 0 Å². The topological polar surface area (TPSA) is 49.4 Å². The van der Waals surface area contributed by atoms with E-state index in [1.54, 1.807) is 12.1 Å². The Kier molecular flexibility index (Phi) is 4.54. The number of hydrogen-bond acceptors (Lipinski definition) is 2. The molecule has 0 aromatic heterocycles. The molecular weight excluding hydrogens is 267 g/mol. The molecule has 0 saturated carbocycles. The third-order valence-corrected chi connectivity index (χ3v) is 5.00. The van der Waals surface area contributed by atoms with Gasteiger partial charge in [0, 0.05) is 19.1 Å². The summed E-state index contributed by atoms with van der Waals surface area (Å²) in [5.41, 5.74) is 0.784. The maximum absolute atomic E-state index is 12.9. The lowest BCUT2D eigenvalue weighted by Crippen LogP contribution is -2.40. The number of halogens is 1. The van der Waals surface area contributed by atoms with Crippen molar-refractivity contribution in [2.75, 3.05) is 13.1 Å². The molecule has 0 amide bonds. The van der Waals surface area contributed by atoms with Crippen LogP contribution in [0.25, 0.3) is 0 Å². The monoisotopic (exact) mass is 286 g/mol. The molecule has 4 nitrogen and oxygen atoms in total. The fourth-order valence-corrected chi connectivity index (χ4v) is 3.82. The molecule has 6 heteroatoms. The van der Waals surface area contributed by atoms with Crippen LogP contribution in [0.15, 0.2) is 24.3 Å². The van der Waals surface area contributed by atoms with Crippen molar-refractivity contribution in [3.05, 3.63) is 35.6 Å². The van der Waals surface area contributed by atoms with E-state index in [-0.39, 0.29) is 11.9 Å². The second-order valence-corrected chi connectivity index (χ2v) is 6.44. The van der Waals surface area contributed by atoms with Crippen molar-refractivity contribution in [2.45, 2.75) is 32.2 Å². The molecule has 1 atom stereocenters. The molecule has 0 aliphatic carbocycles. The summed E-state index contributed by atoms with van der Waals surface area (Å²) in [5, 5.41) is 0. The smallest absolute Gasteiger partial charge is 0.207 e. The van der Waals surface area contributed by atoms with Gasteiger partial charge in [0.2, 0.25) is 0 Å². The van der Waals surface area contributed by atoms with Gasteiger partial charge < -0.3 is 0 Å². The molecule has 1 N–H and O–H groups in total. The van der Waals surface area contributed by atoms with E-state index in [0.717, 1.165) is 18.4 Å². The number of benzene rings is 1. The number of rotatable bonds is 5. The molecule has 0 spiro atoms. The van der Waals surface area contributed by atoms with E-state index >= 15 is 0 Å². The first-order valence-electron chi connectivity index (χ1n) is 6.56. The first kappa shape index (κ1) is 14.4. The molecule has 1 heterocycles. The molecule has 19 heavy (non-hydrogen) atoms. The second-order valence-electron chi connectivity index (χ2n) is 4.74. The van der Waals surface area contributed by atoms with E-state index in [1.807, 2.05) is 6.92 Å². The second kappa shape index (κ2) is 5.98. The fraction of sp³-hybridized carbons (Fsp3) is 0.538. The van der Waals surface area contributed by atoms with E-state index in [4.69, 9.17) is 0 Å². The standard InChI is InChI=1S/C13H19FN2O2S/c1-2-13(11-5-7-12(14)8-6-11)15-19(17,18)16-9-3-4-10-16/h5-8,13,15H,2-4,9-10H2,1H3. The number of nitrogens with zero attached hydrogens (tertiary/aromatic N) is 1. The third kappa shape index (κ3) is 3.52. The Morgan fingerprint density at radius 3 is 2.37 bits per heavy atom. The molecule has 1 unspecified atom stereocenters. The molecule has 1 aromatic carbocycles. The highest BCUT2D eigenvalue weighted by Gasteiger charge is 2.27. The summed E-state index contributed by atoms with van der Waals surface area (Å²) in [4.78, 5) is 0. The first-order chi connectivity index (χ1) is 9.03. The Morgan fingerprint density at radius 1 is 1.26 bits per heavy atom. The normalized spacial score (nSPS) is 18.6. The zero-order valence-electron chi connectivity index (χ0n) is 11.0. The predicted molar refractivity (Wildman–Crippen MR) is 72.3 cm³/mol. The van der Waals surface area contributed by atoms with Crippen molar-refractivity contribution in [1.29, 1.82) is 0 Å². The average Bonchev–Trinajstić information content (AvgIpc) is 2.92. The Morgan fingerprint density at radius 2 is 1.84 bits per heavy atom. The Bertz CT molecular complexity index is 510. The molecule has 0 bridgehead atoms. The van der Waals surface area contributed by atoms with Crippen molar-refractivity contribution in [1.82, 2.24) is 9.03 Å². The minimum Gasteiger partial charge on any atom is -0.207 e. The molecule has 1 aliphatic rings. The van der Waals surface area contributed by atoms with Crippen LogP contribution in [-0.2, 0) is 10.2 Å². The van der Waals surface area contributed by atoms with Crippen molar-refractivity contribution in [3.63, 3.8) is 0 Å². The van der Waals surface area contributed by atoms with Crippen LogP contribution in [0.5, 0.6) is 0 Å². The lowest BCUT2D eigenvalue weighted by molar-refractivity contribution is 0.451. The molecule has 0 radical (unpaired) electrons. The Balaban J connectivity index is 2.12. The minimum absolute atomic E-state index is 0.314. The van der Waals surface area contributed by atoms with Crippen molar-refractivity contribution in [2.24, 2.45) is 0 Å². The highest BCUT2D eigenvalue weighted by atomic mass is 32.2. The number of nitrogens with one attached hydrogen (secondary N) is 1. The highest BCUT2D eigenvalue weighted by Crippen LogP contribution is 2.20. The molecule has 1 aromatic rings. The van der Waals surface area contributed by atoms with E-state index in [1.165, 1.54) is 16.4 Å². The summed E-state index contributed by atoms with van der Waals surface area (Å²) in [5.74, 6) is -0.319. The van der Waals surface area contributed by atoms with Crippen molar-refractivity contribution < 1.29 is 12.8 Å². The largest absolute Gasteiger partial charge is 0.280 e. The van der Waals surface area contributed by atoms with Crippen LogP contribution in [-0.4, -0.2) is 25.8 Å². The predicted octanol–water partition coefficient (Wildman–Crippen LogP) is 2.21. The van der Waals surface area contributed by atoms with Gasteiger partial charge in [0.15, 0.2) is 0 Å². The van der Waals surface area contributed by atoms with Crippen molar-refractivity contribution in [3.8, 4) is 0 Å². The lowest BCUT2D eigenvalue weighted by atomic mass is 10.1. The summed E-state index contributed by atoms with van der Waals surface area (Å²) in [7, 11) is -3.44. The maximum atomic E-state index is 12.9. The summed E-state index contributed by atoms with van der Waals surface area (Å²) >= 11 is 0. The molecule has 2 rings (SSSR count). The van der Waals surface area contributed by atoms with Crippen molar-refractivity contribution >= 4 is 10.2 Å². The lowest BCUT2D eigenvalue weighted by Gasteiger charge is -2.22. The van der Waals surface area contributed by atoms with E-state index in [2.05, 4.69) is 4.72 Å². The van der Waals surface area contributed by atoms with Gasteiger partial charge in [-0.05, 0) is 37.0 Å². The maximum Gasteiger partial charge on any atom is 0.280 e. The molecule has 1 aliphatic heterocycles. The Labute approximate surface area is 113 Å². The highest BCUT2D eigenvalue weighted by molar-refractivity contribution is 7.87. The minimum atomic E-state index is -3.44. The van der Waals surface area contributed by atoms with E-state index in [0.29, 0.717) is 19.5 Å². The van der Waals surface area contributed by atoms with Gasteiger partial charge in [0.25, 0.3) is 10.2 Å². The van der Waals surface area contributed by atoms with Gasteiger partial charge >= 0.3 is 0 Å². The molecule has 106 valence electrons. The van der Waals surface area contributed by atoms with Gasteiger partial charge in [-0.3, -0.25) is 0 Å². The molecule has 1 saturated heterocycles. The zero-order chi connectivity index (χ0) is 13.9. The summed E-state index contributed by atoms with van der Waals surface area (Å²) in [6.45, 7) is 3.06. The zero-order valence-corrected chi connectivity index (χ0v) is 11.8. The van der Waals surface area contributed by atoms with Gasteiger partial charge in [-0.1, -0.05) is 19.1 Å². The summed E-state index contributed by atoms with van der Waals surface area (Å²) < 4.78 is 41.4. The van der Waals surface area contributed by atoms with Crippen LogP contribution in [0.3, 0.4) is 0 Å². The summed E-state index contributed by atoms with van der Waals surface area (Å²) in [6.07, 6.45) is 2.45. The van der Waals surface area contributed by atoms with Gasteiger partial charge in [-0.15, -0.1) is 0 Å². The van der Waals surface area contributed by atoms with Crippen LogP contribution in [0.2, 0.25) is 0 Å². The van der Waals surface area contributed by atoms with Crippen LogP contribution >= 0.6 is 0 Å². The van der Waals surface area contributed by atoms with Gasteiger partial charge in [-0.25, -0.2) is 4.39 Å². The van der Waals surface area contributed by atoms with E-state index < -0.39 is 10.2 Å². The first-order valence-corrected chi connectivity index (χ1v) is 8.00. The Hall–Kier alpha value is -0.980. The van der Waals surface area contributed by atoms with E-state index in [9.17, 15) is 12.8 Å². The average molecular weight is 286 g/mol. The number of hydrogen-bond donors (Lipinski definition) is 1. The van der Waals surface area contributed by atoms with Gasteiger partial charge in [0.1, 0.15) is 5.82 Å². The summed E-state index contributed by atoms with van der Waals surface area (Å²) in [6, 6.07) is 5.63. The molecule has 1 fully saturated rings. The van der Waals surface area contributed by atoms with Gasteiger partial charge in [-0.2, -0.15) is 17.4 Å². The fourth-order valence-electron chi connectivity index (χ4n) is 2.26. The van der Waals surface area contributed by atoms with Crippen LogP contribution < -0.4 is 4.72 Å². The SMILES string of the molecule is CCC(NS(=O)(=O)N1CCCC1)c1ccc(F)cc1.